The molecule has 0 heterocycles. The molecule has 1 aromatic rings. The molecule has 0 saturated heterocycles. The Hall–Kier alpha value is -2.97. The van der Waals surface area contributed by atoms with Gasteiger partial charge in [-0.3, -0.25) is 24.5 Å². The Morgan fingerprint density at radius 1 is 1.16 bits per heavy atom. The van der Waals surface area contributed by atoms with Crippen molar-refractivity contribution in [2.75, 3.05) is 20.3 Å². The van der Waals surface area contributed by atoms with Gasteiger partial charge in [-0.15, -0.1) is 0 Å². The first-order valence-corrected chi connectivity index (χ1v) is 7.61. The van der Waals surface area contributed by atoms with Gasteiger partial charge in [0.1, 0.15) is 6.42 Å². The van der Waals surface area contributed by atoms with Crippen LogP contribution in [0.15, 0.2) is 24.3 Å². The fraction of sp³-hybridized carbons (Fsp3) is 0.438. The lowest BCUT2D eigenvalue weighted by molar-refractivity contribution is -0.384. The van der Waals surface area contributed by atoms with Crippen LogP contribution in [-0.2, 0) is 30.4 Å². The molecule has 136 valence electrons. The molecule has 0 atom stereocenters. The van der Waals surface area contributed by atoms with Gasteiger partial charge in [-0.25, -0.2) is 0 Å². The van der Waals surface area contributed by atoms with Crippen molar-refractivity contribution >= 4 is 23.5 Å². The number of rotatable bonds is 9. The van der Waals surface area contributed by atoms with Crippen molar-refractivity contribution in [3.8, 4) is 0 Å². The molecule has 0 bridgehead atoms. The summed E-state index contributed by atoms with van der Waals surface area (Å²) in [5.41, 5.74) is 0.565. The van der Waals surface area contributed by atoms with E-state index in [-0.39, 0.29) is 31.8 Å². The van der Waals surface area contributed by atoms with E-state index < -0.39 is 29.2 Å². The minimum Gasteiger partial charge on any atom is -0.469 e. The van der Waals surface area contributed by atoms with Gasteiger partial charge in [0.25, 0.3) is 5.69 Å². The van der Waals surface area contributed by atoms with Gasteiger partial charge >= 0.3 is 11.9 Å². The zero-order valence-electron chi connectivity index (χ0n) is 14.1. The summed E-state index contributed by atoms with van der Waals surface area (Å²) in [5, 5.41) is 10.7. The van der Waals surface area contributed by atoms with Crippen molar-refractivity contribution in [3.63, 3.8) is 0 Å². The maximum atomic E-state index is 12.3. The standard InChI is InChI=1S/C16H20N2O7/c1-3-25-16(21)10-14(19)17(9-8-15(20)24-2)11-12-4-6-13(7-5-12)18(22)23/h4-7H,3,8-11H2,1-2H3. The summed E-state index contributed by atoms with van der Waals surface area (Å²) in [4.78, 5) is 46.5. The number of nitrogens with zero attached hydrogens (tertiary/aromatic N) is 2. The fourth-order valence-electron chi connectivity index (χ4n) is 2.01. The predicted molar refractivity (Wildman–Crippen MR) is 86.4 cm³/mol. The summed E-state index contributed by atoms with van der Waals surface area (Å²) in [6.07, 6.45) is -0.472. The Morgan fingerprint density at radius 2 is 1.80 bits per heavy atom. The van der Waals surface area contributed by atoms with Gasteiger partial charge in [0.05, 0.1) is 25.1 Å². The molecule has 25 heavy (non-hydrogen) atoms. The second-order valence-electron chi connectivity index (χ2n) is 5.05. The number of carbonyl (C=O) groups excluding carboxylic acids is 3. The average molecular weight is 352 g/mol. The van der Waals surface area contributed by atoms with E-state index >= 15 is 0 Å². The highest BCUT2D eigenvalue weighted by Crippen LogP contribution is 2.14. The van der Waals surface area contributed by atoms with Gasteiger partial charge in [0, 0.05) is 25.2 Å². The number of carbonyl (C=O) groups is 3. The Labute approximate surface area is 144 Å². The highest BCUT2D eigenvalue weighted by Gasteiger charge is 2.20. The SMILES string of the molecule is CCOC(=O)CC(=O)N(CCC(=O)OC)Cc1ccc([N+](=O)[O-])cc1. The molecule has 0 unspecified atom stereocenters. The Morgan fingerprint density at radius 3 is 2.32 bits per heavy atom. The van der Waals surface area contributed by atoms with Gasteiger partial charge in [0.2, 0.25) is 5.91 Å². The third-order valence-corrected chi connectivity index (χ3v) is 3.29. The van der Waals surface area contributed by atoms with E-state index in [0.717, 1.165) is 0 Å². The fourth-order valence-corrected chi connectivity index (χ4v) is 2.01. The molecule has 0 spiro atoms. The second kappa shape index (κ2) is 10.0. The number of nitro benzene ring substituents is 1. The van der Waals surface area contributed by atoms with E-state index in [1.54, 1.807) is 6.92 Å². The lowest BCUT2D eigenvalue weighted by atomic mass is 10.2. The molecular weight excluding hydrogens is 332 g/mol. The molecule has 0 aliphatic heterocycles. The van der Waals surface area contributed by atoms with E-state index in [1.165, 1.54) is 36.3 Å². The van der Waals surface area contributed by atoms with E-state index in [2.05, 4.69) is 4.74 Å². The van der Waals surface area contributed by atoms with Crippen LogP contribution in [0.4, 0.5) is 5.69 Å². The first-order chi connectivity index (χ1) is 11.9. The molecule has 9 nitrogen and oxygen atoms in total. The molecule has 1 rings (SSSR count). The smallest absolute Gasteiger partial charge is 0.315 e. The van der Waals surface area contributed by atoms with Crippen LogP contribution in [0, 0.1) is 10.1 Å². The average Bonchev–Trinajstić information content (AvgIpc) is 2.58. The number of hydrogen-bond donors (Lipinski definition) is 0. The van der Waals surface area contributed by atoms with Crippen LogP contribution in [0.25, 0.3) is 0 Å². The van der Waals surface area contributed by atoms with Crippen LogP contribution in [0.3, 0.4) is 0 Å². The van der Waals surface area contributed by atoms with Crippen LogP contribution in [0.1, 0.15) is 25.3 Å². The number of methoxy groups -OCH3 is 1. The number of benzene rings is 1. The quantitative estimate of drug-likeness (QED) is 0.286. The molecule has 0 aromatic heterocycles. The minimum absolute atomic E-state index is 0.0297. The third-order valence-electron chi connectivity index (χ3n) is 3.29. The Balaban J connectivity index is 2.81. The molecule has 1 amide bonds. The first-order valence-electron chi connectivity index (χ1n) is 7.61. The predicted octanol–water partition coefficient (Wildman–Crippen LogP) is 1.44. The summed E-state index contributed by atoms with van der Waals surface area (Å²) in [6.45, 7) is 1.96. The highest BCUT2D eigenvalue weighted by molar-refractivity contribution is 5.94. The van der Waals surface area contributed by atoms with Crippen molar-refractivity contribution in [1.82, 2.24) is 4.90 Å². The van der Waals surface area contributed by atoms with Gasteiger partial charge in [-0.1, -0.05) is 12.1 Å². The van der Waals surface area contributed by atoms with Crippen LogP contribution >= 0.6 is 0 Å². The Bertz CT molecular complexity index is 628. The first kappa shape index (κ1) is 20.1. The van der Waals surface area contributed by atoms with Crippen molar-refractivity contribution in [2.24, 2.45) is 0 Å². The summed E-state index contributed by atoms with van der Waals surface area (Å²) in [5.74, 6) is -1.64. The molecule has 0 fully saturated rings. The molecule has 1 aromatic carbocycles. The number of ether oxygens (including phenoxy) is 2. The monoisotopic (exact) mass is 352 g/mol. The number of hydrogen-bond acceptors (Lipinski definition) is 7. The molecule has 0 saturated carbocycles. The number of non-ortho nitro benzene ring substituents is 1. The van der Waals surface area contributed by atoms with Crippen LogP contribution < -0.4 is 0 Å². The van der Waals surface area contributed by atoms with Crippen molar-refractivity contribution in [3.05, 3.63) is 39.9 Å². The zero-order valence-corrected chi connectivity index (χ0v) is 14.1. The largest absolute Gasteiger partial charge is 0.469 e. The number of amides is 1. The van der Waals surface area contributed by atoms with Crippen LogP contribution in [0.2, 0.25) is 0 Å². The van der Waals surface area contributed by atoms with Gasteiger partial charge < -0.3 is 14.4 Å². The summed E-state index contributed by atoms with van der Waals surface area (Å²) in [7, 11) is 1.24. The van der Waals surface area contributed by atoms with Crippen molar-refractivity contribution in [2.45, 2.75) is 26.3 Å². The normalized spacial score (nSPS) is 10.0. The van der Waals surface area contributed by atoms with Gasteiger partial charge in [-0.05, 0) is 12.5 Å². The minimum atomic E-state index is -0.653. The zero-order chi connectivity index (χ0) is 18.8. The molecule has 0 aliphatic carbocycles. The highest BCUT2D eigenvalue weighted by atomic mass is 16.6. The van der Waals surface area contributed by atoms with Crippen LogP contribution in [0.5, 0.6) is 0 Å². The van der Waals surface area contributed by atoms with Crippen molar-refractivity contribution in [1.29, 1.82) is 0 Å². The molecule has 0 N–H and O–H groups in total. The molecular formula is C16H20N2O7. The maximum absolute atomic E-state index is 12.3. The van der Waals surface area contributed by atoms with E-state index in [0.29, 0.717) is 5.56 Å². The van der Waals surface area contributed by atoms with E-state index in [4.69, 9.17) is 4.74 Å². The van der Waals surface area contributed by atoms with Gasteiger partial charge in [0.15, 0.2) is 0 Å². The lowest BCUT2D eigenvalue weighted by Gasteiger charge is -2.22. The van der Waals surface area contributed by atoms with Crippen LogP contribution in [-0.4, -0.2) is 47.9 Å². The second-order valence-corrected chi connectivity index (χ2v) is 5.05. The summed E-state index contributed by atoms with van der Waals surface area (Å²) >= 11 is 0. The van der Waals surface area contributed by atoms with Gasteiger partial charge in [-0.2, -0.15) is 0 Å². The molecule has 0 radical (unpaired) electrons. The third kappa shape index (κ3) is 6.98. The molecule has 9 heteroatoms. The topological polar surface area (TPSA) is 116 Å². The lowest BCUT2D eigenvalue weighted by Crippen LogP contribution is -2.34. The van der Waals surface area contributed by atoms with E-state index in [9.17, 15) is 24.5 Å². The summed E-state index contributed by atoms with van der Waals surface area (Å²) in [6, 6.07) is 5.68. The van der Waals surface area contributed by atoms with E-state index in [1.807, 2.05) is 0 Å². The number of esters is 2. The number of nitro groups is 1. The Kier molecular flexibility index (Phi) is 8.04. The van der Waals surface area contributed by atoms with Crippen molar-refractivity contribution < 1.29 is 28.8 Å². The molecule has 0 aliphatic rings. The summed E-state index contributed by atoms with van der Waals surface area (Å²) < 4.78 is 9.30. The maximum Gasteiger partial charge on any atom is 0.315 e.